The second-order valence-corrected chi connectivity index (χ2v) is 9.97. The zero-order valence-electron chi connectivity index (χ0n) is 16.6. The molecule has 25 heavy (non-hydrogen) atoms. The number of hydrogen-bond donors (Lipinski definition) is 2. The Morgan fingerprint density at radius 1 is 0.640 bits per heavy atom. The van der Waals surface area contributed by atoms with E-state index in [1.807, 2.05) is 38.1 Å². The van der Waals surface area contributed by atoms with E-state index in [4.69, 9.17) is 0 Å². The van der Waals surface area contributed by atoms with Crippen molar-refractivity contribution in [3.63, 3.8) is 0 Å². The van der Waals surface area contributed by atoms with Crippen molar-refractivity contribution in [3.8, 4) is 11.5 Å². The summed E-state index contributed by atoms with van der Waals surface area (Å²) >= 11 is 1.43. The van der Waals surface area contributed by atoms with E-state index in [2.05, 4.69) is 41.5 Å². The van der Waals surface area contributed by atoms with Gasteiger partial charge in [0.25, 0.3) is 0 Å². The molecule has 0 fully saturated rings. The molecule has 0 atom stereocenters. The number of rotatable bonds is 2. The molecule has 0 heterocycles. The second kappa shape index (κ2) is 6.60. The smallest absolute Gasteiger partial charge is 0.132 e. The minimum absolute atomic E-state index is 0.00100. The average Bonchev–Trinajstić information content (AvgIpc) is 2.45. The van der Waals surface area contributed by atoms with Crippen LogP contribution in [0.15, 0.2) is 34.1 Å². The van der Waals surface area contributed by atoms with E-state index in [1.54, 1.807) is 0 Å². The molecule has 0 aromatic heterocycles. The van der Waals surface area contributed by atoms with Gasteiger partial charge in [-0.05, 0) is 59.1 Å². The third kappa shape index (κ3) is 4.33. The van der Waals surface area contributed by atoms with Gasteiger partial charge in [0.2, 0.25) is 0 Å². The van der Waals surface area contributed by atoms with Crippen LogP contribution < -0.4 is 0 Å². The molecule has 0 amide bonds. The van der Waals surface area contributed by atoms with Gasteiger partial charge in [-0.2, -0.15) is 0 Å². The summed E-state index contributed by atoms with van der Waals surface area (Å²) in [6, 6.07) is 8.14. The highest BCUT2D eigenvalue weighted by molar-refractivity contribution is 7.99. The fourth-order valence-corrected chi connectivity index (χ4v) is 3.76. The zero-order chi connectivity index (χ0) is 19.2. The molecule has 0 aliphatic heterocycles. The van der Waals surface area contributed by atoms with Gasteiger partial charge in [-0.3, -0.25) is 0 Å². The SMILES string of the molecule is Cc1cc(C(C)(C)C)cc(Sc2cc(C(C)(C)C)cc(C)c2O)c1O. The van der Waals surface area contributed by atoms with Crippen LogP contribution in [0, 0.1) is 13.8 Å². The molecular formula is C22H30O2S. The standard InChI is InChI=1S/C22H30O2S/c1-13-9-15(21(3,4)5)11-17(19(13)23)25-18-12-16(22(6,7)8)10-14(2)20(18)24/h9-12,23-24H,1-8H3. The maximum atomic E-state index is 10.5. The van der Waals surface area contributed by atoms with Crippen molar-refractivity contribution in [2.24, 2.45) is 0 Å². The van der Waals surface area contributed by atoms with Crippen molar-refractivity contribution >= 4 is 11.8 Å². The van der Waals surface area contributed by atoms with E-state index in [0.29, 0.717) is 0 Å². The van der Waals surface area contributed by atoms with Crippen LogP contribution >= 0.6 is 11.8 Å². The maximum Gasteiger partial charge on any atom is 0.132 e. The Bertz CT molecular complexity index is 726. The van der Waals surface area contributed by atoms with E-state index in [1.165, 1.54) is 22.9 Å². The number of aromatic hydroxyl groups is 2. The molecule has 0 spiro atoms. The first kappa shape index (κ1) is 19.7. The summed E-state index contributed by atoms with van der Waals surface area (Å²) in [7, 11) is 0. The molecule has 0 saturated heterocycles. The first-order valence-corrected chi connectivity index (χ1v) is 9.48. The van der Waals surface area contributed by atoms with Crippen LogP contribution in [0.25, 0.3) is 0 Å². The van der Waals surface area contributed by atoms with Crippen LogP contribution in [-0.4, -0.2) is 10.2 Å². The average molecular weight is 359 g/mol. The molecular weight excluding hydrogens is 328 g/mol. The predicted octanol–water partition coefficient (Wildman–Crippen LogP) is 6.46. The highest BCUT2D eigenvalue weighted by Gasteiger charge is 2.21. The van der Waals surface area contributed by atoms with Gasteiger partial charge in [0.15, 0.2) is 0 Å². The Hall–Kier alpha value is -1.61. The van der Waals surface area contributed by atoms with Gasteiger partial charge < -0.3 is 10.2 Å². The molecule has 2 N–H and O–H groups in total. The molecule has 0 bridgehead atoms. The van der Waals surface area contributed by atoms with Gasteiger partial charge in [-0.25, -0.2) is 0 Å². The van der Waals surface area contributed by atoms with Gasteiger partial charge in [0.1, 0.15) is 11.5 Å². The van der Waals surface area contributed by atoms with Crippen LogP contribution in [0.1, 0.15) is 63.8 Å². The molecule has 0 aliphatic rings. The Kier molecular flexibility index (Phi) is 5.21. The second-order valence-electron chi connectivity index (χ2n) is 8.88. The predicted molar refractivity (Wildman–Crippen MR) is 107 cm³/mol. The molecule has 3 heteroatoms. The number of hydrogen-bond acceptors (Lipinski definition) is 3. The molecule has 0 radical (unpaired) electrons. The van der Waals surface area contributed by atoms with Crippen LogP contribution in [-0.2, 0) is 10.8 Å². The largest absolute Gasteiger partial charge is 0.506 e. The third-order valence-corrected chi connectivity index (χ3v) is 5.55. The van der Waals surface area contributed by atoms with Gasteiger partial charge in [0, 0.05) is 0 Å². The fraction of sp³-hybridized carbons (Fsp3) is 0.455. The van der Waals surface area contributed by atoms with Crippen LogP contribution in [0.4, 0.5) is 0 Å². The third-order valence-electron chi connectivity index (χ3n) is 4.48. The minimum atomic E-state index is -0.00100. The first-order chi connectivity index (χ1) is 11.3. The van der Waals surface area contributed by atoms with Crippen molar-refractivity contribution in [3.05, 3.63) is 46.5 Å². The summed E-state index contributed by atoms with van der Waals surface area (Å²) in [5, 5.41) is 21.1. The van der Waals surface area contributed by atoms with Crippen molar-refractivity contribution < 1.29 is 10.2 Å². The molecule has 0 saturated carbocycles. The van der Waals surface area contributed by atoms with Crippen molar-refractivity contribution in [2.75, 3.05) is 0 Å². The highest BCUT2D eigenvalue weighted by Crippen LogP contribution is 2.44. The summed E-state index contributed by atoms with van der Waals surface area (Å²) in [6.45, 7) is 16.8. The van der Waals surface area contributed by atoms with Crippen molar-refractivity contribution in [1.82, 2.24) is 0 Å². The van der Waals surface area contributed by atoms with Crippen molar-refractivity contribution in [1.29, 1.82) is 0 Å². The van der Waals surface area contributed by atoms with Crippen LogP contribution in [0.5, 0.6) is 11.5 Å². The van der Waals surface area contributed by atoms with Gasteiger partial charge >= 0.3 is 0 Å². The molecule has 2 aromatic carbocycles. The lowest BCUT2D eigenvalue weighted by atomic mass is 9.86. The normalized spacial score (nSPS) is 12.5. The minimum Gasteiger partial charge on any atom is -0.506 e. The summed E-state index contributed by atoms with van der Waals surface area (Å²) < 4.78 is 0. The monoisotopic (exact) mass is 358 g/mol. The van der Waals surface area contributed by atoms with E-state index >= 15 is 0 Å². The number of benzene rings is 2. The van der Waals surface area contributed by atoms with E-state index in [-0.39, 0.29) is 22.3 Å². The number of aryl methyl sites for hydroxylation is 2. The molecule has 2 rings (SSSR count). The van der Waals surface area contributed by atoms with Gasteiger partial charge in [-0.15, -0.1) is 0 Å². The van der Waals surface area contributed by atoms with Gasteiger partial charge in [-0.1, -0.05) is 65.4 Å². The quantitative estimate of drug-likeness (QED) is 0.647. The van der Waals surface area contributed by atoms with E-state index in [0.717, 1.165) is 20.9 Å². The Morgan fingerprint density at radius 3 is 1.24 bits per heavy atom. The Balaban J connectivity index is 2.57. The maximum absolute atomic E-state index is 10.5. The fourth-order valence-electron chi connectivity index (χ4n) is 2.63. The number of phenolic OH excluding ortho intramolecular Hbond substituents is 2. The first-order valence-electron chi connectivity index (χ1n) is 8.66. The molecule has 0 unspecified atom stereocenters. The lowest BCUT2D eigenvalue weighted by Gasteiger charge is -2.23. The Morgan fingerprint density at radius 2 is 0.960 bits per heavy atom. The topological polar surface area (TPSA) is 40.5 Å². The summed E-state index contributed by atoms with van der Waals surface area (Å²) in [6.07, 6.45) is 0. The van der Waals surface area contributed by atoms with E-state index in [9.17, 15) is 10.2 Å². The highest BCUT2D eigenvalue weighted by atomic mass is 32.2. The summed E-state index contributed by atoms with van der Waals surface area (Å²) in [5.41, 5.74) is 4.07. The molecule has 2 nitrogen and oxygen atoms in total. The molecule has 2 aromatic rings. The van der Waals surface area contributed by atoms with Crippen molar-refractivity contribution in [2.45, 2.75) is 76.0 Å². The van der Waals surface area contributed by atoms with Crippen LogP contribution in [0.3, 0.4) is 0 Å². The molecule has 0 aliphatic carbocycles. The number of phenols is 2. The Labute approximate surface area is 156 Å². The summed E-state index contributed by atoms with van der Waals surface area (Å²) in [5.74, 6) is 0.576. The lowest BCUT2D eigenvalue weighted by Crippen LogP contribution is -2.12. The van der Waals surface area contributed by atoms with E-state index < -0.39 is 0 Å². The zero-order valence-corrected chi connectivity index (χ0v) is 17.4. The molecule has 136 valence electrons. The van der Waals surface area contributed by atoms with Gasteiger partial charge in [0.05, 0.1) is 9.79 Å². The summed E-state index contributed by atoms with van der Waals surface area (Å²) in [4.78, 5) is 1.57. The van der Waals surface area contributed by atoms with Crippen LogP contribution in [0.2, 0.25) is 0 Å². The lowest BCUT2D eigenvalue weighted by molar-refractivity contribution is 0.453.